The van der Waals surface area contributed by atoms with Crippen LogP contribution >= 0.6 is 0 Å². The minimum atomic E-state index is -0.365. The lowest BCUT2D eigenvalue weighted by Crippen LogP contribution is -2.11. The molecule has 0 spiro atoms. The van der Waals surface area contributed by atoms with Crippen LogP contribution in [-0.4, -0.2) is 26.0 Å². The fraction of sp³-hybridized carbons (Fsp3) is 0.667. The second kappa shape index (κ2) is 10.2. The number of esters is 1. The molecule has 1 atom stereocenters. The molecule has 0 radical (unpaired) electrons. The van der Waals surface area contributed by atoms with E-state index in [1.165, 1.54) is 26.4 Å². The molecule has 1 unspecified atom stereocenters. The third-order valence-electron chi connectivity index (χ3n) is 4.05. The summed E-state index contributed by atoms with van der Waals surface area (Å²) in [5, 5.41) is 0. The zero-order valence-corrected chi connectivity index (χ0v) is 14.0. The van der Waals surface area contributed by atoms with Gasteiger partial charge < -0.3 is 9.47 Å². The molecule has 0 bridgehead atoms. The van der Waals surface area contributed by atoms with Crippen molar-refractivity contribution < 1.29 is 19.1 Å². The van der Waals surface area contributed by atoms with Crippen LogP contribution in [0.25, 0.3) is 0 Å². The van der Waals surface area contributed by atoms with Crippen LogP contribution in [0.2, 0.25) is 0 Å². The first-order valence-electron chi connectivity index (χ1n) is 8.20. The molecule has 0 saturated heterocycles. The number of ketones is 1. The Labute approximate surface area is 133 Å². The fourth-order valence-electron chi connectivity index (χ4n) is 2.76. The summed E-state index contributed by atoms with van der Waals surface area (Å²) in [6.45, 7) is 2.18. The molecule has 0 saturated carbocycles. The second-order valence-corrected chi connectivity index (χ2v) is 5.67. The molecular formula is C18H28O4. The Kier molecular flexibility index (Phi) is 8.56. The van der Waals surface area contributed by atoms with Gasteiger partial charge in [-0.2, -0.15) is 0 Å². The topological polar surface area (TPSA) is 52.6 Å². The van der Waals surface area contributed by atoms with Crippen molar-refractivity contribution in [3.05, 3.63) is 23.5 Å². The lowest BCUT2D eigenvalue weighted by molar-refractivity contribution is -0.136. The number of hydrogen-bond donors (Lipinski definition) is 0. The van der Waals surface area contributed by atoms with Crippen LogP contribution in [0.3, 0.4) is 0 Å². The monoisotopic (exact) mass is 308 g/mol. The van der Waals surface area contributed by atoms with E-state index in [2.05, 4.69) is 6.92 Å². The zero-order chi connectivity index (χ0) is 16.4. The third-order valence-corrected chi connectivity index (χ3v) is 4.05. The number of hydrogen-bond acceptors (Lipinski definition) is 4. The molecule has 0 heterocycles. The van der Waals surface area contributed by atoms with Crippen molar-refractivity contribution in [3.8, 4) is 0 Å². The quantitative estimate of drug-likeness (QED) is 0.348. The van der Waals surface area contributed by atoms with Gasteiger partial charge in [0.25, 0.3) is 0 Å². The Bertz CT molecular complexity index is 434. The Balaban J connectivity index is 2.49. The van der Waals surface area contributed by atoms with E-state index < -0.39 is 0 Å². The van der Waals surface area contributed by atoms with E-state index in [0.717, 1.165) is 19.3 Å². The third kappa shape index (κ3) is 5.66. The molecule has 0 N–H and O–H groups in total. The van der Waals surface area contributed by atoms with Crippen LogP contribution in [-0.2, 0) is 19.1 Å². The maximum absolute atomic E-state index is 11.9. The van der Waals surface area contributed by atoms with Gasteiger partial charge in [0.05, 0.1) is 19.8 Å². The van der Waals surface area contributed by atoms with Crippen LogP contribution in [0.5, 0.6) is 0 Å². The Morgan fingerprint density at radius 2 is 1.91 bits per heavy atom. The minimum absolute atomic E-state index is 0.0774. The van der Waals surface area contributed by atoms with Crippen molar-refractivity contribution in [2.75, 3.05) is 14.2 Å². The lowest BCUT2D eigenvalue weighted by atomic mass is 9.99. The standard InChI is InChI=1S/C18H28O4/c1-4-5-6-7-8-9-15(19)12-10-14-11-13-16(21-2)17(14)18(20)22-3/h10,12,14H,4-9,11,13H2,1-3H3. The van der Waals surface area contributed by atoms with E-state index in [4.69, 9.17) is 9.47 Å². The summed E-state index contributed by atoms with van der Waals surface area (Å²) in [5.41, 5.74) is 0.553. The average Bonchev–Trinajstić information content (AvgIpc) is 2.95. The summed E-state index contributed by atoms with van der Waals surface area (Å²) in [5.74, 6) is 0.363. The van der Waals surface area contributed by atoms with Crippen LogP contribution in [0.4, 0.5) is 0 Å². The van der Waals surface area contributed by atoms with Gasteiger partial charge in [-0.05, 0) is 18.9 Å². The zero-order valence-electron chi connectivity index (χ0n) is 14.0. The van der Waals surface area contributed by atoms with E-state index >= 15 is 0 Å². The van der Waals surface area contributed by atoms with Crippen molar-refractivity contribution in [2.24, 2.45) is 5.92 Å². The van der Waals surface area contributed by atoms with Crippen LogP contribution in [0, 0.1) is 5.92 Å². The van der Waals surface area contributed by atoms with E-state index in [1.54, 1.807) is 13.2 Å². The van der Waals surface area contributed by atoms with Gasteiger partial charge >= 0.3 is 5.97 Å². The molecule has 0 amide bonds. The molecule has 0 aromatic rings. The molecule has 1 aliphatic rings. The maximum Gasteiger partial charge on any atom is 0.337 e. The molecule has 22 heavy (non-hydrogen) atoms. The second-order valence-electron chi connectivity index (χ2n) is 5.67. The normalized spacial score (nSPS) is 18.0. The average molecular weight is 308 g/mol. The number of carbonyl (C=O) groups excluding carboxylic acids is 2. The van der Waals surface area contributed by atoms with E-state index in [0.29, 0.717) is 24.2 Å². The first-order valence-corrected chi connectivity index (χ1v) is 8.20. The molecule has 124 valence electrons. The van der Waals surface area contributed by atoms with Gasteiger partial charge in [-0.15, -0.1) is 0 Å². The molecular weight excluding hydrogens is 280 g/mol. The first-order chi connectivity index (χ1) is 10.6. The Morgan fingerprint density at radius 1 is 1.18 bits per heavy atom. The van der Waals surface area contributed by atoms with E-state index in [-0.39, 0.29) is 17.7 Å². The van der Waals surface area contributed by atoms with Crippen LogP contribution < -0.4 is 0 Å². The number of unbranched alkanes of at least 4 members (excludes halogenated alkanes) is 4. The highest BCUT2D eigenvalue weighted by molar-refractivity contribution is 5.92. The van der Waals surface area contributed by atoms with Gasteiger partial charge in [0.1, 0.15) is 5.76 Å². The van der Waals surface area contributed by atoms with Crippen molar-refractivity contribution in [3.63, 3.8) is 0 Å². The minimum Gasteiger partial charge on any atom is -0.501 e. The lowest BCUT2D eigenvalue weighted by Gasteiger charge is -2.09. The summed E-state index contributed by atoms with van der Waals surface area (Å²) in [6.07, 6.45) is 11.2. The number of allylic oxidation sites excluding steroid dienone is 3. The fourth-order valence-corrected chi connectivity index (χ4v) is 2.76. The molecule has 4 nitrogen and oxygen atoms in total. The summed E-state index contributed by atoms with van der Waals surface area (Å²) in [6, 6.07) is 0. The predicted octanol–water partition coefficient (Wildman–Crippen LogP) is 3.96. The van der Waals surface area contributed by atoms with Gasteiger partial charge in [-0.1, -0.05) is 38.7 Å². The Hall–Kier alpha value is -1.58. The van der Waals surface area contributed by atoms with Gasteiger partial charge in [0.2, 0.25) is 0 Å². The molecule has 4 heteroatoms. The van der Waals surface area contributed by atoms with E-state index in [9.17, 15) is 9.59 Å². The van der Waals surface area contributed by atoms with Crippen molar-refractivity contribution >= 4 is 11.8 Å². The van der Waals surface area contributed by atoms with Crippen molar-refractivity contribution in [1.82, 2.24) is 0 Å². The van der Waals surface area contributed by atoms with E-state index in [1.807, 2.05) is 6.08 Å². The molecule has 0 aromatic heterocycles. The Morgan fingerprint density at radius 3 is 2.55 bits per heavy atom. The number of carbonyl (C=O) groups is 2. The summed E-state index contributed by atoms with van der Waals surface area (Å²) >= 11 is 0. The highest BCUT2D eigenvalue weighted by Gasteiger charge is 2.30. The molecule has 0 aliphatic heterocycles. The number of ether oxygens (including phenoxy) is 2. The van der Waals surface area contributed by atoms with Gasteiger partial charge in [0, 0.05) is 18.8 Å². The maximum atomic E-state index is 11.9. The van der Waals surface area contributed by atoms with Gasteiger partial charge in [-0.3, -0.25) is 4.79 Å². The predicted molar refractivity (Wildman–Crippen MR) is 86.3 cm³/mol. The smallest absolute Gasteiger partial charge is 0.337 e. The molecule has 0 aromatic carbocycles. The van der Waals surface area contributed by atoms with Crippen molar-refractivity contribution in [1.29, 1.82) is 0 Å². The molecule has 1 aliphatic carbocycles. The van der Waals surface area contributed by atoms with Gasteiger partial charge in [0.15, 0.2) is 5.78 Å². The largest absolute Gasteiger partial charge is 0.501 e. The van der Waals surface area contributed by atoms with Gasteiger partial charge in [-0.25, -0.2) is 4.79 Å². The highest BCUT2D eigenvalue weighted by atomic mass is 16.5. The van der Waals surface area contributed by atoms with Crippen LogP contribution in [0.1, 0.15) is 58.3 Å². The number of rotatable bonds is 10. The molecule has 1 rings (SSSR count). The summed E-state index contributed by atoms with van der Waals surface area (Å²) < 4.78 is 10.1. The van der Waals surface area contributed by atoms with Crippen molar-refractivity contribution in [2.45, 2.75) is 58.3 Å². The highest BCUT2D eigenvalue weighted by Crippen LogP contribution is 2.34. The van der Waals surface area contributed by atoms with Crippen LogP contribution in [0.15, 0.2) is 23.5 Å². The SMILES string of the molecule is CCCCCCCC(=O)C=CC1CCC(OC)=C1C(=O)OC. The summed E-state index contributed by atoms with van der Waals surface area (Å²) in [4.78, 5) is 23.7. The number of methoxy groups -OCH3 is 2. The molecule has 0 fully saturated rings. The first kappa shape index (κ1) is 18.5. The summed E-state index contributed by atoms with van der Waals surface area (Å²) in [7, 11) is 2.93.